The number of hydrogen-bond donors (Lipinski definition) is 2. The summed E-state index contributed by atoms with van der Waals surface area (Å²) in [6.45, 7) is 2.51. The van der Waals surface area contributed by atoms with Crippen molar-refractivity contribution in [1.82, 2.24) is 10.2 Å². The van der Waals surface area contributed by atoms with Crippen LogP contribution in [0.15, 0.2) is 60.7 Å². The molecule has 0 radical (unpaired) electrons. The zero-order chi connectivity index (χ0) is 21.4. The Morgan fingerprint density at radius 1 is 0.800 bits per heavy atom. The van der Waals surface area contributed by atoms with Crippen LogP contribution in [0, 0.1) is 0 Å². The number of carbonyl (C=O) groups is 2. The first-order valence-electron chi connectivity index (χ1n) is 10.3. The highest BCUT2D eigenvalue weighted by atomic mass is 16.6. The third-order valence-corrected chi connectivity index (χ3v) is 4.43. The molecule has 162 valence electrons. The summed E-state index contributed by atoms with van der Waals surface area (Å²) in [6.07, 6.45) is 1.42. The fourth-order valence-electron chi connectivity index (χ4n) is 2.79. The third kappa shape index (κ3) is 9.43. The molecule has 2 aromatic rings. The lowest BCUT2D eigenvalue weighted by molar-refractivity contribution is 0.0949. The maximum atomic E-state index is 12.5. The van der Waals surface area contributed by atoms with Gasteiger partial charge in [-0.05, 0) is 36.9 Å². The van der Waals surface area contributed by atoms with Gasteiger partial charge in [-0.15, -0.1) is 0 Å². The van der Waals surface area contributed by atoms with E-state index in [9.17, 15) is 9.59 Å². The van der Waals surface area contributed by atoms with Crippen LogP contribution < -0.4 is 11.1 Å². The van der Waals surface area contributed by atoms with Crippen LogP contribution in [-0.4, -0.2) is 43.3 Å². The lowest BCUT2D eigenvalue weighted by Crippen LogP contribution is -2.35. The summed E-state index contributed by atoms with van der Waals surface area (Å²) in [5.41, 5.74) is 7.43. The van der Waals surface area contributed by atoms with E-state index in [0.717, 1.165) is 24.0 Å². The van der Waals surface area contributed by atoms with Crippen molar-refractivity contribution in [2.24, 2.45) is 5.73 Å². The molecule has 2 amide bonds. The molecule has 0 aliphatic heterocycles. The standard InChI is InChI=1S/C23H31N3O4/c24-14-7-8-16-26(23(28)30-19-21-12-5-2-6-13-21)17-9-15-25-22(27)29-18-20-10-3-1-4-11-20/h1-6,10-13H,7-9,14-19,24H2,(H,25,27). The highest BCUT2D eigenvalue weighted by Crippen LogP contribution is 2.06. The summed E-state index contributed by atoms with van der Waals surface area (Å²) in [6, 6.07) is 19.1. The zero-order valence-corrected chi connectivity index (χ0v) is 17.3. The zero-order valence-electron chi connectivity index (χ0n) is 17.3. The molecule has 0 saturated heterocycles. The lowest BCUT2D eigenvalue weighted by atomic mass is 10.2. The summed E-state index contributed by atoms with van der Waals surface area (Å²) in [5.74, 6) is 0. The van der Waals surface area contributed by atoms with Gasteiger partial charge < -0.3 is 25.4 Å². The van der Waals surface area contributed by atoms with Crippen LogP contribution in [-0.2, 0) is 22.7 Å². The van der Waals surface area contributed by atoms with Gasteiger partial charge in [0, 0.05) is 19.6 Å². The minimum Gasteiger partial charge on any atom is -0.445 e. The van der Waals surface area contributed by atoms with Crippen LogP contribution in [0.4, 0.5) is 9.59 Å². The van der Waals surface area contributed by atoms with Gasteiger partial charge >= 0.3 is 12.2 Å². The SMILES string of the molecule is NCCCCN(CCCNC(=O)OCc1ccccc1)C(=O)OCc1ccccc1. The van der Waals surface area contributed by atoms with E-state index in [-0.39, 0.29) is 19.3 Å². The summed E-state index contributed by atoms with van der Waals surface area (Å²) < 4.78 is 10.6. The van der Waals surface area contributed by atoms with Crippen LogP contribution in [0.2, 0.25) is 0 Å². The molecule has 0 unspecified atom stereocenters. The molecule has 7 nitrogen and oxygen atoms in total. The molecule has 0 aliphatic rings. The average Bonchev–Trinajstić information content (AvgIpc) is 2.79. The number of rotatable bonds is 12. The predicted molar refractivity (Wildman–Crippen MR) is 116 cm³/mol. The van der Waals surface area contributed by atoms with E-state index >= 15 is 0 Å². The number of amides is 2. The van der Waals surface area contributed by atoms with Gasteiger partial charge in [-0.3, -0.25) is 0 Å². The van der Waals surface area contributed by atoms with Crippen molar-refractivity contribution in [3.63, 3.8) is 0 Å². The molecular weight excluding hydrogens is 382 g/mol. The molecule has 0 heterocycles. The average molecular weight is 414 g/mol. The third-order valence-electron chi connectivity index (χ3n) is 4.43. The van der Waals surface area contributed by atoms with Crippen molar-refractivity contribution in [3.05, 3.63) is 71.8 Å². The van der Waals surface area contributed by atoms with Crippen molar-refractivity contribution >= 4 is 12.2 Å². The Hall–Kier alpha value is -3.06. The minimum atomic E-state index is -0.472. The highest BCUT2D eigenvalue weighted by molar-refractivity contribution is 5.68. The van der Waals surface area contributed by atoms with Gasteiger partial charge in [0.15, 0.2) is 0 Å². The largest absolute Gasteiger partial charge is 0.445 e. The number of hydrogen-bond acceptors (Lipinski definition) is 5. The molecule has 2 rings (SSSR count). The van der Waals surface area contributed by atoms with Gasteiger partial charge in [0.2, 0.25) is 0 Å². The first-order valence-corrected chi connectivity index (χ1v) is 10.3. The molecule has 0 fully saturated rings. The van der Waals surface area contributed by atoms with E-state index in [0.29, 0.717) is 32.6 Å². The van der Waals surface area contributed by atoms with Crippen molar-refractivity contribution in [2.75, 3.05) is 26.2 Å². The van der Waals surface area contributed by atoms with Gasteiger partial charge in [-0.25, -0.2) is 9.59 Å². The second-order valence-electron chi connectivity index (χ2n) is 6.87. The molecule has 0 bridgehead atoms. The molecule has 0 spiro atoms. The minimum absolute atomic E-state index is 0.226. The van der Waals surface area contributed by atoms with Gasteiger partial charge in [0.05, 0.1) is 0 Å². The van der Waals surface area contributed by atoms with Gasteiger partial charge in [-0.1, -0.05) is 60.7 Å². The molecule has 30 heavy (non-hydrogen) atoms. The van der Waals surface area contributed by atoms with Gasteiger partial charge in [-0.2, -0.15) is 0 Å². The Balaban J connectivity index is 1.69. The summed E-state index contributed by atoms with van der Waals surface area (Å²) in [7, 11) is 0. The van der Waals surface area contributed by atoms with E-state index in [1.807, 2.05) is 60.7 Å². The van der Waals surface area contributed by atoms with E-state index in [4.69, 9.17) is 15.2 Å². The van der Waals surface area contributed by atoms with E-state index in [1.54, 1.807) is 4.90 Å². The number of benzene rings is 2. The maximum Gasteiger partial charge on any atom is 0.410 e. The Morgan fingerprint density at radius 3 is 1.97 bits per heavy atom. The molecule has 0 aromatic heterocycles. The van der Waals surface area contributed by atoms with Crippen molar-refractivity contribution in [3.8, 4) is 0 Å². The number of nitrogens with two attached hydrogens (primary N) is 1. The fourth-order valence-corrected chi connectivity index (χ4v) is 2.79. The number of nitrogens with zero attached hydrogens (tertiary/aromatic N) is 1. The molecule has 0 atom stereocenters. The number of ether oxygens (including phenoxy) is 2. The number of nitrogens with one attached hydrogen (secondary N) is 1. The predicted octanol–water partition coefficient (Wildman–Crippen LogP) is 3.68. The maximum absolute atomic E-state index is 12.5. The smallest absolute Gasteiger partial charge is 0.410 e. The first-order chi connectivity index (χ1) is 14.7. The first kappa shape index (κ1) is 23.2. The topological polar surface area (TPSA) is 93.9 Å². The summed E-state index contributed by atoms with van der Waals surface area (Å²) >= 11 is 0. The van der Waals surface area contributed by atoms with Gasteiger partial charge in [0.25, 0.3) is 0 Å². The monoisotopic (exact) mass is 413 g/mol. The molecule has 0 saturated carbocycles. The van der Waals surface area contributed by atoms with Crippen molar-refractivity contribution < 1.29 is 19.1 Å². The Kier molecular flexibility index (Phi) is 10.8. The number of unbranched alkanes of at least 4 members (excludes halogenated alkanes) is 1. The highest BCUT2D eigenvalue weighted by Gasteiger charge is 2.14. The number of carbonyl (C=O) groups excluding carboxylic acids is 2. The normalized spacial score (nSPS) is 10.3. The Labute approximate surface area is 178 Å². The summed E-state index contributed by atoms with van der Waals surface area (Å²) in [4.78, 5) is 25.9. The quantitative estimate of drug-likeness (QED) is 0.518. The molecule has 0 aliphatic carbocycles. The lowest BCUT2D eigenvalue weighted by Gasteiger charge is -2.22. The van der Waals surface area contributed by atoms with Crippen molar-refractivity contribution in [2.45, 2.75) is 32.5 Å². The van der Waals surface area contributed by atoms with E-state index in [1.165, 1.54) is 0 Å². The Bertz CT molecular complexity index is 741. The second kappa shape index (κ2) is 14.0. The van der Waals surface area contributed by atoms with E-state index in [2.05, 4.69) is 5.32 Å². The molecule has 3 N–H and O–H groups in total. The van der Waals surface area contributed by atoms with Crippen LogP contribution in [0.1, 0.15) is 30.4 Å². The fraction of sp³-hybridized carbons (Fsp3) is 0.391. The van der Waals surface area contributed by atoms with Gasteiger partial charge in [0.1, 0.15) is 13.2 Å². The second-order valence-corrected chi connectivity index (χ2v) is 6.87. The van der Waals surface area contributed by atoms with Crippen LogP contribution in [0.3, 0.4) is 0 Å². The Morgan fingerprint density at radius 2 is 1.37 bits per heavy atom. The molecule has 7 heteroatoms. The summed E-state index contributed by atoms with van der Waals surface area (Å²) in [5, 5.41) is 2.71. The van der Waals surface area contributed by atoms with Crippen LogP contribution in [0.5, 0.6) is 0 Å². The number of alkyl carbamates (subject to hydrolysis) is 1. The van der Waals surface area contributed by atoms with E-state index < -0.39 is 6.09 Å². The van der Waals surface area contributed by atoms with Crippen molar-refractivity contribution in [1.29, 1.82) is 0 Å². The van der Waals surface area contributed by atoms with Crippen LogP contribution >= 0.6 is 0 Å². The van der Waals surface area contributed by atoms with Crippen LogP contribution in [0.25, 0.3) is 0 Å². The molecular formula is C23H31N3O4. The molecule has 2 aromatic carbocycles.